The molecule has 0 N–H and O–H groups in total. The molecule has 0 amide bonds. The van der Waals surface area contributed by atoms with Crippen molar-refractivity contribution in [3.05, 3.63) is 57.6 Å². The summed E-state index contributed by atoms with van der Waals surface area (Å²) in [4.78, 5) is 0. The van der Waals surface area contributed by atoms with Crippen LogP contribution in [0.4, 0.5) is 0 Å². The Labute approximate surface area is 168 Å². The molecule has 0 radical (unpaired) electrons. The molecule has 26 heavy (non-hydrogen) atoms. The number of hydrogen-bond acceptors (Lipinski definition) is 2. The molecule has 0 aliphatic carbocycles. The lowest BCUT2D eigenvalue weighted by Gasteiger charge is -2.59. The van der Waals surface area contributed by atoms with Crippen LogP contribution in [0.5, 0.6) is 11.5 Å². The van der Waals surface area contributed by atoms with Gasteiger partial charge in [0, 0.05) is 27.9 Å². The van der Waals surface area contributed by atoms with E-state index in [4.69, 9.17) is 21.1 Å². The molecule has 1 saturated heterocycles. The van der Waals surface area contributed by atoms with E-state index in [1.165, 1.54) is 16.7 Å². The molecule has 3 nitrogen and oxygen atoms in total. The number of quaternary nitrogens is 1. The summed E-state index contributed by atoms with van der Waals surface area (Å²) in [6, 6.07) is 13.5. The van der Waals surface area contributed by atoms with E-state index >= 15 is 0 Å². The minimum Gasteiger partial charge on any atom is -0.493 e. The molecular formula is C21H24BrClNO2+. The van der Waals surface area contributed by atoms with Crippen molar-refractivity contribution >= 4 is 27.5 Å². The largest absolute Gasteiger partial charge is 0.493 e. The van der Waals surface area contributed by atoms with Gasteiger partial charge in [0.1, 0.15) is 12.6 Å². The number of ether oxygens (including phenoxy) is 2. The average Bonchev–Trinajstić information content (AvgIpc) is 2.64. The van der Waals surface area contributed by atoms with Gasteiger partial charge in [-0.1, -0.05) is 28.1 Å². The quantitative estimate of drug-likeness (QED) is 0.487. The fraction of sp³-hybridized carbons (Fsp3) is 0.429. The Morgan fingerprint density at radius 3 is 2.46 bits per heavy atom. The van der Waals surface area contributed by atoms with Gasteiger partial charge < -0.3 is 14.0 Å². The van der Waals surface area contributed by atoms with Crippen LogP contribution in [-0.2, 0) is 13.0 Å². The van der Waals surface area contributed by atoms with Gasteiger partial charge in [-0.2, -0.15) is 0 Å². The number of rotatable bonds is 5. The molecule has 2 aromatic carbocycles. The summed E-state index contributed by atoms with van der Waals surface area (Å²) < 4.78 is 13.3. The second-order valence-electron chi connectivity index (χ2n) is 7.42. The normalized spacial score (nSPS) is 26.5. The maximum atomic E-state index is 6.34. The smallest absolute Gasteiger partial charge is 0.161 e. The van der Waals surface area contributed by atoms with Crippen LogP contribution in [0.1, 0.15) is 22.7 Å². The van der Waals surface area contributed by atoms with Crippen LogP contribution >= 0.6 is 27.5 Å². The van der Waals surface area contributed by atoms with Gasteiger partial charge in [0.05, 0.1) is 33.2 Å². The Morgan fingerprint density at radius 2 is 1.81 bits per heavy atom. The lowest BCUT2D eigenvalue weighted by atomic mass is 9.74. The molecule has 2 aliphatic rings. The highest BCUT2D eigenvalue weighted by atomic mass is 79.9. The van der Waals surface area contributed by atoms with E-state index in [9.17, 15) is 0 Å². The number of hydrogen-bond donors (Lipinski definition) is 0. The van der Waals surface area contributed by atoms with Gasteiger partial charge in [0.25, 0.3) is 0 Å². The number of alkyl halides is 1. The number of fused-ring (bicyclic) bond motifs is 3. The standard InChI is InChI=1S/C21H24BrClNO2/c1-25-19-9-15-7-8-24(12-14-3-5-17(22)6-4-14)13-16(11-23)21(24)18(15)10-20(19)26-2/h3-6,9-10,16,21H,7-8,11-13H2,1-2H3/q+1/t16-,21-,24?/m1/s1. The molecule has 0 spiro atoms. The molecule has 1 fully saturated rings. The predicted molar refractivity (Wildman–Crippen MR) is 108 cm³/mol. The molecule has 2 aliphatic heterocycles. The lowest BCUT2D eigenvalue weighted by Crippen LogP contribution is -2.67. The molecule has 0 saturated carbocycles. The molecule has 0 bridgehead atoms. The molecule has 1 unspecified atom stereocenters. The van der Waals surface area contributed by atoms with Crippen LogP contribution in [0.25, 0.3) is 0 Å². The highest BCUT2D eigenvalue weighted by Crippen LogP contribution is 2.53. The van der Waals surface area contributed by atoms with E-state index in [2.05, 4.69) is 52.3 Å². The van der Waals surface area contributed by atoms with Gasteiger partial charge in [-0.25, -0.2) is 0 Å². The summed E-state index contributed by atoms with van der Waals surface area (Å²) in [5.74, 6) is 2.86. The van der Waals surface area contributed by atoms with Crippen LogP contribution in [-0.4, -0.2) is 37.7 Å². The summed E-state index contributed by atoms with van der Waals surface area (Å²) in [6.45, 7) is 3.35. The van der Waals surface area contributed by atoms with Crippen LogP contribution in [0.3, 0.4) is 0 Å². The third-order valence-corrected chi connectivity index (χ3v) is 6.96. The number of methoxy groups -OCH3 is 2. The molecule has 2 heterocycles. The Kier molecular flexibility index (Phi) is 4.93. The second kappa shape index (κ2) is 7.06. The molecular weight excluding hydrogens is 414 g/mol. The van der Waals surface area contributed by atoms with Crippen LogP contribution in [0.2, 0.25) is 0 Å². The number of halogens is 2. The predicted octanol–water partition coefficient (Wildman–Crippen LogP) is 4.95. The molecule has 0 aromatic heterocycles. The van der Waals surface area contributed by atoms with E-state index in [-0.39, 0.29) is 0 Å². The van der Waals surface area contributed by atoms with E-state index in [1.807, 2.05) is 0 Å². The average molecular weight is 438 g/mol. The van der Waals surface area contributed by atoms with Crippen molar-refractivity contribution in [1.29, 1.82) is 0 Å². The third kappa shape index (κ3) is 2.92. The van der Waals surface area contributed by atoms with Gasteiger partial charge in [-0.3, -0.25) is 0 Å². The monoisotopic (exact) mass is 436 g/mol. The topological polar surface area (TPSA) is 18.5 Å². The van der Waals surface area contributed by atoms with Crippen LogP contribution < -0.4 is 9.47 Å². The van der Waals surface area contributed by atoms with Gasteiger partial charge in [-0.15, -0.1) is 11.6 Å². The maximum Gasteiger partial charge on any atom is 0.161 e. The fourth-order valence-electron chi connectivity index (χ4n) is 4.87. The van der Waals surface area contributed by atoms with Gasteiger partial charge >= 0.3 is 0 Å². The zero-order valence-corrected chi connectivity index (χ0v) is 17.5. The highest BCUT2D eigenvalue weighted by Gasteiger charge is 2.56. The van der Waals surface area contributed by atoms with E-state index in [0.29, 0.717) is 17.8 Å². The first-order chi connectivity index (χ1) is 12.6. The van der Waals surface area contributed by atoms with Crippen molar-refractivity contribution in [3.8, 4) is 11.5 Å². The Hall–Kier alpha value is -1.23. The van der Waals surface area contributed by atoms with Crippen LogP contribution in [0, 0.1) is 5.92 Å². The van der Waals surface area contributed by atoms with Crippen molar-refractivity contribution < 1.29 is 14.0 Å². The first-order valence-corrected chi connectivity index (χ1v) is 10.3. The van der Waals surface area contributed by atoms with Gasteiger partial charge in [0.2, 0.25) is 0 Å². The van der Waals surface area contributed by atoms with Gasteiger partial charge in [-0.05, 0) is 29.8 Å². The zero-order valence-electron chi connectivity index (χ0n) is 15.2. The van der Waals surface area contributed by atoms with E-state index in [1.54, 1.807) is 14.2 Å². The van der Waals surface area contributed by atoms with Gasteiger partial charge in [0.15, 0.2) is 11.5 Å². The second-order valence-corrected chi connectivity index (χ2v) is 8.65. The van der Waals surface area contributed by atoms with E-state index in [0.717, 1.165) is 46.5 Å². The number of nitrogens with zero attached hydrogens (tertiary/aromatic N) is 1. The fourth-order valence-corrected chi connectivity index (χ4v) is 5.40. The lowest BCUT2D eigenvalue weighted by molar-refractivity contribution is -1.02. The molecule has 3 atom stereocenters. The van der Waals surface area contributed by atoms with E-state index < -0.39 is 0 Å². The molecule has 138 valence electrons. The first kappa shape index (κ1) is 18.1. The SMILES string of the molecule is COc1cc2c(cc1OC)[C@H]1[C@H](CCl)C[N+]1(Cc1ccc(Br)cc1)CC2. The number of benzene rings is 2. The Bertz CT molecular complexity index is 810. The Morgan fingerprint density at radius 1 is 1.12 bits per heavy atom. The third-order valence-electron chi connectivity index (χ3n) is 6.03. The van der Waals surface area contributed by atoms with Crippen molar-refractivity contribution in [1.82, 2.24) is 0 Å². The molecule has 4 rings (SSSR count). The van der Waals surface area contributed by atoms with Crippen molar-refractivity contribution in [2.24, 2.45) is 5.92 Å². The minimum atomic E-state index is 0.444. The summed E-state index contributed by atoms with van der Waals surface area (Å²) >= 11 is 9.87. The summed E-state index contributed by atoms with van der Waals surface area (Å²) in [7, 11) is 3.41. The zero-order chi connectivity index (χ0) is 18.3. The first-order valence-electron chi connectivity index (χ1n) is 9.01. The minimum absolute atomic E-state index is 0.444. The van der Waals surface area contributed by atoms with Crippen LogP contribution in [0.15, 0.2) is 40.9 Å². The maximum absolute atomic E-state index is 6.34. The highest BCUT2D eigenvalue weighted by molar-refractivity contribution is 9.10. The van der Waals surface area contributed by atoms with Crippen molar-refractivity contribution in [2.75, 3.05) is 33.2 Å². The van der Waals surface area contributed by atoms with Crippen molar-refractivity contribution in [2.45, 2.75) is 19.0 Å². The summed E-state index contributed by atoms with van der Waals surface area (Å²) in [6.07, 6.45) is 1.07. The summed E-state index contributed by atoms with van der Waals surface area (Å²) in [5.41, 5.74) is 4.16. The van der Waals surface area contributed by atoms with Crippen molar-refractivity contribution in [3.63, 3.8) is 0 Å². The molecule has 5 heteroatoms. The molecule has 2 aromatic rings. The Balaban J connectivity index is 1.71. The summed E-state index contributed by atoms with van der Waals surface area (Å²) in [5, 5.41) is 0.